The molecule has 170 valence electrons. The van der Waals surface area contributed by atoms with Gasteiger partial charge in [0.2, 0.25) is 5.91 Å². The predicted molar refractivity (Wildman–Crippen MR) is 126 cm³/mol. The molecule has 0 aliphatic rings. The van der Waals surface area contributed by atoms with Gasteiger partial charge in [-0.2, -0.15) is 14.9 Å². The number of nitrogens with zero attached hydrogens (tertiary/aromatic N) is 6. The third kappa shape index (κ3) is 4.40. The standard InChI is InChI=1S/C25H22FN7O/c1-17-14-22(30-23(34)9-5-8-18-6-3-2-4-7-18)33(31-17)25-21-15-29-32(24(21)27-16-28-25)20-12-10-19(26)11-13-20/h2-4,6-7,10-16H,5,8-9H2,1H3,(H,30,34). The number of hydrogen-bond donors (Lipinski definition) is 1. The van der Waals surface area contributed by atoms with Crippen LogP contribution in [0.4, 0.5) is 10.2 Å². The van der Waals surface area contributed by atoms with Gasteiger partial charge in [0.15, 0.2) is 11.5 Å². The Morgan fingerprint density at radius 2 is 1.82 bits per heavy atom. The topological polar surface area (TPSA) is 90.5 Å². The summed E-state index contributed by atoms with van der Waals surface area (Å²) in [7, 11) is 0. The van der Waals surface area contributed by atoms with Crippen LogP contribution in [-0.2, 0) is 11.2 Å². The van der Waals surface area contributed by atoms with Gasteiger partial charge in [0.25, 0.3) is 0 Å². The fourth-order valence-electron chi connectivity index (χ4n) is 3.82. The summed E-state index contributed by atoms with van der Waals surface area (Å²) in [6.07, 6.45) is 5.02. The number of fused-ring (bicyclic) bond motifs is 1. The minimum absolute atomic E-state index is 0.0932. The number of carbonyl (C=O) groups is 1. The Morgan fingerprint density at radius 3 is 2.62 bits per heavy atom. The molecule has 0 unspecified atom stereocenters. The zero-order valence-corrected chi connectivity index (χ0v) is 18.5. The third-order valence-electron chi connectivity index (χ3n) is 5.43. The van der Waals surface area contributed by atoms with E-state index in [2.05, 4.69) is 37.6 Å². The molecule has 0 bridgehead atoms. The highest BCUT2D eigenvalue weighted by atomic mass is 19.1. The smallest absolute Gasteiger partial charge is 0.225 e. The van der Waals surface area contributed by atoms with Gasteiger partial charge < -0.3 is 5.32 Å². The zero-order chi connectivity index (χ0) is 23.5. The summed E-state index contributed by atoms with van der Waals surface area (Å²) in [6, 6.07) is 17.9. The van der Waals surface area contributed by atoms with Crippen molar-refractivity contribution in [3.05, 3.63) is 90.3 Å². The molecule has 0 saturated heterocycles. The molecule has 1 amide bonds. The van der Waals surface area contributed by atoms with Crippen LogP contribution in [0.2, 0.25) is 0 Å². The maximum atomic E-state index is 13.3. The third-order valence-corrected chi connectivity index (χ3v) is 5.43. The SMILES string of the molecule is Cc1cc(NC(=O)CCCc2ccccc2)n(-c2ncnc3c2cnn3-c2ccc(F)cc2)n1. The molecule has 3 heterocycles. The largest absolute Gasteiger partial charge is 0.311 e. The molecule has 0 radical (unpaired) electrons. The van der Waals surface area contributed by atoms with Gasteiger partial charge in [0, 0.05) is 12.5 Å². The second-order valence-electron chi connectivity index (χ2n) is 7.94. The molecular weight excluding hydrogens is 433 g/mol. The lowest BCUT2D eigenvalue weighted by Crippen LogP contribution is -2.15. The van der Waals surface area contributed by atoms with Crippen molar-refractivity contribution in [2.24, 2.45) is 0 Å². The van der Waals surface area contributed by atoms with Crippen LogP contribution >= 0.6 is 0 Å². The molecule has 5 aromatic rings. The van der Waals surface area contributed by atoms with Gasteiger partial charge >= 0.3 is 0 Å². The molecule has 2 aromatic carbocycles. The van der Waals surface area contributed by atoms with Gasteiger partial charge in [-0.25, -0.2) is 19.0 Å². The molecule has 3 aromatic heterocycles. The van der Waals surface area contributed by atoms with E-state index in [-0.39, 0.29) is 11.7 Å². The summed E-state index contributed by atoms with van der Waals surface area (Å²) in [5.74, 6) is 0.596. The summed E-state index contributed by atoms with van der Waals surface area (Å²) in [5.41, 5.74) is 3.16. The van der Waals surface area contributed by atoms with Crippen LogP contribution in [0.1, 0.15) is 24.1 Å². The van der Waals surface area contributed by atoms with E-state index in [0.29, 0.717) is 34.8 Å². The molecule has 1 N–H and O–H groups in total. The molecule has 34 heavy (non-hydrogen) atoms. The van der Waals surface area contributed by atoms with Crippen molar-refractivity contribution in [2.45, 2.75) is 26.2 Å². The monoisotopic (exact) mass is 455 g/mol. The van der Waals surface area contributed by atoms with E-state index in [9.17, 15) is 9.18 Å². The molecule has 0 saturated carbocycles. The van der Waals surface area contributed by atoms with E-state index < -0.39 is 0 Å². The lowest BCUT2D eigenvalue weighted by atomic mass is 10.1. The molecule has 0 atom stereocenters. The second-order valence-corrected chi connectivity index (χ2v) is 7.94. The number of amides is 1. The van der Waals surface area contributed by atoms with Crippen LogP contribution in [0.25, 0.3) is 22.5 Å². The first-order chi connectivity index (χ1) is 16.6. The fourth-order valence-corrected chi connectivity index (χ4v) is 3.82. The number of aryl methyl sites for hydroxylation is 2. The highest BCUT2D eigenvalue weighted by Gasteiger charge is 2.17. The van der Waals surface area contributed by atoms with Crippen molar-refractivity contribution in [1.82, 2.24) is 29.5 Å². The average Bonchev–Trinajstić information content (AvgIpc) is 3.43. The molecule has 0 aliphatic heterocycles. The summed E-state index contributed by atoms with van der Waals surface area (Å²) < 4.78 is 16.5. The first kappa shape index (κ1) is 21.4. The van der Waals surface area contributed by atoms with Gasteiger partial charge in [-0.1, -0.05) is 30.3 Å². The maximum absolute atomic E-state index is 13.3. The van der Waals surface area contributed by atoms with Crippen LogP contribution in [-0.4, -0.2) is 35.4 Å². The predicted octanol–water partition coefficient (Wildman–Crippen LogP) is 4.41. The molecule has 0 fully saturated rings. The van der Waals surface area contributed by atoms with Crippen molar-refractivity contribution >= 4 is 22.8 Å². The molecular formula is C25H22FN7O. The number of rotatable bonds is 7. The van der Waals surface area contributed by atoms with E-state index >= 15 is 0 Å². The Hall–Kier alpha value is -4.40. The van der Waals surface area contributed by atoms with Crippen LogP contribution < -0.4 is 5.32 Å². The molecule has 5 rings (SSSR count). The summed E-state index contributed by atoms with van der Waals surface area (Å²) in [5, 5.41) is 12.5. The Balaban J connectivity index is 1.39. The van der Waals surface area contributed by atoms with Gasteiger partial charge in [0.1, 0.15) is 18.0 Å². The van der Waals surface area contributed by atoms with E-state index in [4.69, 9.17) is 0 Å². The van der Waals surface area contributed by atoms with Crippen LogP contribution in [0.3, 0.4) is 0 Å². The first-order valence-corrected chi connectivity index (χ1v) is 10.9. The normalized spacial score (nSPS) is 11.1. The van der Waals surface area contributed by atoms with Crippen molar-refractivity contribution in [2.75, 3.05) is 5.32 Å². The van der Waals surface area contributed by atoms with Crippen LogP contribution in [0.15, 0.2) is 73.2 Å². The van der Waals surface area contributed by atoms with Crippen molar-refractivity contribution in [3.63, 3.8) is 0 Å². The minimum atomic E-state index is -0.327. The number of benzene rings is 2. The molecule has 9 heteroatoms. The fraction of sp³-hybridized carbons (Fsp3) is 0.160. The van der Waals surface area contributed by atoms with Gasteiger partial charge in [-0.3, -0.25) is 4.79 Å². The lowest BCUT2D eigenvalue weighted by molar-refractivity contribution is -0.116. The number of hydrogen-bond acceptors (Lipinski definition) is 5. The van der Waals surface area contributed by atoms with E-state index in [1.165, 1.54) is 24.0 Å². The summed E-state index contributed by atoms with van der Waals surface area (Å²) >= 11 is 0. The van der Waals surface area contributed by atoms with Crippen molar-refractivity contribution < 1.29 is 9.18 Å². The second kappa shape index (κ2) is 9.22. The maximum Gasteiger partial charge on any atom is 0.225 e. The summed E-state index contributed by atoms with van der Waals surface area (Å²) in [4.78, 5) is 21.4. The quantitative estimate of drug-likeness (QED) is 0.393. The Morgan fingerprint density at radius 1 is 1.03 bits per heavy atom. The van der Waals surface area contributed by atoms with E-state index in [1.807, 2.05) is 25.1 Å². The zero-order valence-electron chi connectivity index (χ0n) is 18.5. The molecule has 0 spiro atoms. The molecule has 8 nitrogen and oxygen atoms in total. The molecule has 0 aliphatic carbocycles. The lowest BCUT2D eigenvalue weighted by Gasteiger charge is -2.09. The van der Waals surface area contributed by atoms with E-state index in [1.54, 1.807) is 33.8 Å². The van der Waals surface area contributed by atoms with Gasteiger partial charge in [0.05, 0.1) is 23.0 Å². The minimum Gasteiger partial charge on any atom is -0.311 e. The Bertz CT molecular complexity index is 1440. The Labute approximate surface area is 195 Å². The highest BCUT2D eigenvalue weighted by molar-refractivity contribution is 5.91. The van der Waals surface area contributed by atoms with E-state index in [0.717, 1.165) is 18.5 Å². The number of aromatic nitrogens is 6. The average molecular weight is 455 g/mol. The highest BCUT2D eigenvalue weighted by Crippen LogP contribution is 2.24. The first-order valence-electron chi connectivity index (χ1n) is 10.9. The van der Waals surface area contributed by atoms with Gasteiger partial charge in [-0.05, 0) is 49.6 Å². The number of halogens is 1. The summed E-state index contributed by atoms with van der Waals surface area (Å²) in [6.45, 7) is 1.85. The van der Waals surface area contributed by atoms with Crippen molar-refractivity contribution in [3.8, 4) is 11.5 Å². The van der Waals surface area contributed by atoms with Crippen molar-refractivity contribution in [1.29, 1.82) is 0 Å². The number of anilines is 1. The number of nitrogens with one attached hydrogen (secondary N) is 1. The number of carbonyl (C=O) groups excluding carboxylic acids is 1. The van der Waals surface area contributed by atoms with Gasteiger partial charge in [-0.15, -0.1) is 0 Å². The Kier molecular flexibility index (Phi) is 5.82. The van der Waals surface area contributed by atoms with Crippen LogP contribution in [0.5, 0.6) is 0 Å². The van der Waals surface area contributed by atoms with Crippen LogP contribution in [0, 0.1) is 12.7 Å².